The molecule has 1 aliphatic heterocycles. The molecule has 0 radical (unpaired) electrons. The van der Waals surface area contributed by atoms with Crippen LogP contribution >= 0.6 is 0 Å². The second-order valence-electron chi connectivity index (χ2n) is 13.1. The molecule has 0 N–H and O–H groups in total. The molecule has 0 amide bonds. The molecule has 0 atom stereocenters. The van der Waals surface area contributed by atoms with Crippen LogP contribution in [-0.4, -0.2) is 19.9 Å². The van der Waals surface area contributed by atoms with Gasteiger partial charge in [-0.1, -0.05) is 146 Å². The second kappa shape index (κ2) is 12.1. The van der Waals surface area contributed by atoms with Gasteiger partial charge >= 0.3 is 0 Å². The number of aromatic nitrogens is 4. The molecule has 5 heteroatoms. The molecule has 0 unspecified atom stereocenters. The summed E-state index contributed by atoms with van der Waals surface area (Å²) in [7, 11) is 0. The lowest BCUT2D eigenvalue weighted by molar-refractivity contribution is 0.434. The van der Waals surface area contributed by atoms with Crippen LogP contribution in [0.15, 0.2) is 170 Å². The highest BCUT2D eigenvalue weighted by molar-refractivity contribution is 5.85. The minimum Gasteiger partial charge on any atom is -0.457 e. The topological polar surface area (TPSA) is 60.8 Å². The molecule has 244 valence electrons. The molecule has 3 heterocycles. The van der Waals surface area contributed by atoms with E-state index in [0.717, 1.165) is 67.4 Å². The van der Waals surface area contributed by atoms with Crippen molar-refractivity contribution in [3.63, 3.8) is 0 Å². The third kappa shape index (κ3) is 4.78. The van der Waals surface area contributed by atoms with Crippen molar-refractivity contribution in [1.29, 1.82) is 0 Å². The van der Waals surface area contributed by atoms with E-state index in [1.807, 2.05) is 73.1 Å². The Labute approximate surface area is 301 Å². The summed E-state index contributed by atoms with van der Waals surface area (Å²) in [6.07, 6.45) is 8.10. The molecule has 1 spiro atoms. The average molecular weight is 667 g/mol. The van der Waals surface area contributed by atoms with Crippen molar-refractivity contribution in [1.82, 2.24) is 19.9 Å². The highest BCUT2D eigenvalue weighted by atomic mass is 16.5. The van der Waals surface area contributed by atoms with Gasteiger partial charge in [-0.2, -0.15) is 0 Å². The van der Waals surface area contributed by atoms with Crippen molar-refractivity contribution in [2.75, 3.05) is 0 Å². The number of rotatable bonds is 4. The van der Waals surface area contributed by atoms with Crippen LogP contribution in [0.3, 0.4) is 0 Å². The van der Waals surface area contributed by atoms with E-state index >= 15 is 0 Å². The fourth-order valence-corrected chi connectivity index (χ4v) is 7.73. The number of hydrogen-bond acceptors (Lipinski definition) is 5. The molecule has 6 aromatic carbocycles. The van der Waals surface area contributed by atoms with E-state index in [1.165, 1.54) is 11.1 Å². The van der Waals surface area contributed by atoms with Crippen LogP contribution in [0.5, 0.6) is 11.5 Å². The fraction of sp³-hybridized carbons (Fsp3) is 0.0213. The van der Waals surface area contributed by atoms with Crippen molar-refractivity contribution in [3.05, 3.63) is 203 Å². The Morgan fingerprint density at radius 1 is 0.385 bits per heavy atom. The summed E-state index contributed by atoms with van der Waals surface area (Å²) >= 11 is 0. The number of hydrogen-bond donors (Lipinski definition) is 0. The number of para-hydroxylation sites is 2. The molecule has 52 heavy (non-hydrogen) atoms. The maximum absolute atomic E-state index is 6.60. The van der Waals surface area contributed by atoms with Crippen LogP contribution in [-0.2, 0) is 5.41 Å². The lowest BCUT2D eigenvalue weighted by Crippen LogP contribution is -2.35. The Balaban J connectivity index is 1.21. The van der Waals surface area contributed by atoms with Gasteiger partial charge in [0, 0.05) is 40.2 Å². The minimum absolute atomic E-state index is 0.563. The van der Waals surface area contributed by atoms with Crippen LogP contribution < -0.4 is 4.74 Å². The summed E-state index contributed by atoms with van der Waals surface area (Å²) in [5.74, 6) is 2.92. The molecule has 2 aromatic heterocycles. The molecule has 5 nitrogen and oxygen atoms in total. The van der Waals surface area contributed by atoms with Crippen molar-refractivity contribution in [2.45, 2.75) is 5.41 Å². The smallest absolute Gasteiger partial charge is 0.163 e. The van der Waals surface area contributed by atoms with E-state index in [4.69, 9.17) is 24.7 Å². The molecule has 2 aliphatic rings. The van der Waals surface area contributed by atoms with Crippen LogP contribution in [0.25, 0.3) is 57.4 Å². The predicted octanol–water partition coefficient (Wildman–Crippen LogP) is 10.9. The van der Waals surface area contributed by atoms with Gasteiger partial charge in [0.25, 0.3) is 0 Å². The molecule has 0 bridgehead atoms. The van der Waals surface area contributed by atoms with Gasteiger partial charge in [0.05, 0.1) is 22.4 Å². The minimum atomic E-state index is -0.657. The zero-order valence-electron chi connectivity index (χ0n) is 28.0. The summed E-state index contributed by atoms with van der Waals surface area (Å²) in [6, 6.07) is 54.6. The van der Waals surface area contributed by atoms with E-state index in [9.17, 15) is 0 Å². The average Bonchev–Trinajstić information content (AvgIpc) is 3.36. The summed E-state index contributed by atoms with van der Waals surface area (Å²) in [5.41, 5.74) is 11.5. The first-order valence-corrected chi connectivity index (χ1v) is 17.4. The molecule has 0 saturated carbocycles. The van der Waals surface area contributed by atoms with Crippen LogP contribution in [0.4, 0.5) is 0 Å². The molecule has 0 saturated heterocycles. The van der Waals surface area contributed by atoms with Gasteiger partial charge < -0.3 is 4.74 Å². The fourth-order valence-electron chi connectivity index (χ4n) is 7.73. The number of nitrogens with zero attached hydrogens (tertiary/aromatic N) is 4. The van der Waals surface area contributed by atoms with Gasteiger partial charge in [-0.25, -0.2) is 19.9 Å². The Bertz CT molecular complexity index is 2610. The van der Waals surface area contributed by atoms with E-state index in [0.29, 0.717) is 11.6 Å². The first-order valence-electron chi connectivity index (χ1n) is 17.4. The van der Waals surface area contributed by atoms with Gasteiger partial charge in [0.2, 0.25) is 0 Å². The normalized spacial score (nSPS) is 13.2. The third-order valence-electron chi connectivity index (χ3n) is 10.1. The summed E-state index contributed by atoms with van der Waals surface area (Å²) in [4.78, 5) is 19.7. The van der Waals surface area contributed by atoms with Crippen molar-refractivity contribution < 1.29 is 4.74 Å². The van der Waals surface area contributed by atoms with Crippen molar-refractivity contribution in [3.8, 4) is 56.8 Å². The first kappa shape index (κ1) is 29.9. The number of benzene rings is 6. The highest BCUT2D eigenvalue weighted by Crippen LogP contribution is 2.58. The third-order valence-corrected chi connectivity index (χ3v) is 10.1. The zero-order valence-corrected chi connectivity index (χ0v) is 28.0. The van der Waals surface area contributed by atoms with Crippen LogP contribution in [0, 0.1) is 0 Å². The quantitative estimate of drug-likeness (QED) is 0.187. The summed E-state index contributed by atoms with van der Waals surface area (Å²) in [6.45, 7) is 0. The van der Waals surface area contributed by atoms with Gasteiger partial charge in [0.1, 0.15) is 11.5 Å². The summed E-state index contributed by atoms with van der Waals surface area (Å²) < 4.78 is 6.60. The van der Waals surface area contributed by atoms with Crippen molar-refractivity contribution in [2.24, 2.45) is 0 Å². The molecule has 8 aromatic rings. The van der Waals surface area contributed by atoms with Gasteiger partial charge in [0.15, 0.2) is 11.6 Å². The molecular formula is C47H30N4O. The molecular weight excluding hydrogens is 637 g/mol. The highest BCUT2D eigenvalue weighted by Gasteiger charge is 2.47. The Morgan fingerprint density at radius 2 is 0.923 bits per heavy atom. The van der Waals surface area contributed by atoms with Crippen molar-refractivity contribution >= 4 is 12.2 Å². The lowest BCUT2D eigenvalue weighted by Gasteiger charge is -2.42. The van der Waals surface area contributed by atoms with Crippen LogP contribution in [0.1, 0.15) is 33.4 Å². The zero-order chi connectivity index (χ0) is 34.5. The number of ether oxygens (including phenoxy) is 1. The van der Waals surface area contributed by atoms with Gasteiger partial charge in [-0.3, -0.25) is 0 Å². The molecule has 0 fully saturated rings. The SMILES string of the molecule is C1=Cc2ccc(-c3cc(-c4ccccc4)nc(-c4cnc(-c5ccccc5)nc4)n3)cc2C2(c3ccccc31)c1ccccc1Oc1ccccc12. The second-order valence-corrected chi connectivity index (χ2v) is 13.1. The monoisotopic (exact) mass is 666 g/mol. The standard InChI is InChI=1S/C47H30N4O/c1-3-14-33(15-4-1)41-28-42(51-46(50-41)36-29-48-45(49-30-36)34-16-5-2-6-17-34)35-26-25-32-24-23-31-13-7-8-18-37(31)47(40(32)27-35)38-19-9-11-21-43(38)52-44-22-12-10-20-39(44)47/h1-30H. The Hall–Kier alpha value is -6.98. The van der Waals surface area contributed by atoms with E-state index in [-0.39, 0.29) is 0 Å². The first-order chi connectivity index (χ1) is 25.8. The van der Waals surface area contributed by atoms with Crippen LogP contribution in [0.2, 0.25) is 0 Å². The maximum atomic E-state index is 6.60. The number of fused-ring (bicyclic) bond motifs is 8. The van der Waals surface area contributed by atoms with Gasteiger partial charge in [-0.15, -0.1) is 0 Å². The molecule has 10 rings (SSSR count). The summed E-state index contributed by atoms with van der Waals surface area (Å²) in [5, 5.41) is 0. The Kier molecular flexibility index (Phi) is 6.96. The van der Waals surface area contributed by atoms with E-state index in [2.05, 4.69) is 109 Å². The van der Waals surface area contributed by atoms with E-state index < -0.39 is 5.41 Å². The molecule has 1 aliphatic carbocycles. The lowest BCUT2D eigenvalue weighted by atomic mass is 9.62. The maximum Gasteiger partial charge on any atom is 0.163 e. The Morgan fingerprint density at radius 3 is 1.60 bits per heavy atom. The predicted molar refractivity (Wildman–Crippen MR) is 207 cm³/mol. The van der Waals surface area contributed by atoms with Gasteiger partial charge in [-0.05, 0) is 46.5 Å². The largest absolute Gasteiger partial charge is 0.457 e. The van der Waals surface area contributed by atoms with E-state index in [1.54, 1.807) is 0 Å².